The SMILES string of the molecule is CCc1cc2cc(C(=O)C3CCC(C)(C)CC3)ccc2[nH]c1=O. The Morgan fingerprint density at radius 1 is 1.22 bits per heavy atom. The molecule has 3 nitrogen and oxygen atoms in total. The number of benzene rings is 1. The summed E-state index contributed by atoms with van der Waals surface area (Å²) in [7, 11) is 0. The van der Waals surface area contributed by atoms with Crippen LogP contribution >= 0.6 is 0 Å². The van der Waals surface area contributed by atoms with Crippen LogP contribution in [0.3, 0.4) is 0 Å². The largest absolute Gasteiger partial charge is 0.322 e. The minimum Gasteiger partial charge on any atom is -0.322 e. The predicted octanol–water partition coefficient (Wildman–Crippen LogP) is 4.49. The monoisotopic (exact) mass is 311 g/mol. The molecule has 1 fully saturated rings. The van der Waals surface area contributed by atoms with Gasteiger partial charge in [0.05, 0.1) is 0 Å². The van der Waals surface area contributed by atoms with E-state index in [1.54, 1.807) is 0 Å². The number of rotatable bonds is 3. The molecular weight excluding hydrogens is 286 g/mol. The van der Waals surface area contributed by atoms with Gasteiger partial charge in [0.1, 0.15) is 0 Å². The molecule has 1 saturated carbocycles. The van der Waals surface area contributed by atoms with Crippen LogP contribution in [-0.2, 0) is 6.42 Å². The molecule has 1 N–H and O–H groups in total. The van der Waals surface area contributed by atoms with Crippen molar-refractivity contribution in [2.75, 3.05) is 0 Å². The Kier molecular flexibility index (Phi) is 4.13. The Morgan fingerprint density at radius 2 is 1.91 bits per heavy atom. The van der Waals surface area contributed by atoms with Gasteiger partial charge in [0.25, 0.3) is 5.56 Å². The van der Waals surface area contributed by atoms with Crippen LogP contribution in [0.5, 0.6) is 0 Å². The molecule has 0 atom stereocenters. The highest BCUT2D eigenvalue weighted by atomic mass is 16.1. The normalized spacial score (nSPS) is 18.2. The second-order valence-corrected chi connectivity index (χ2v) is 7.58. The van der Waals surface area contributed by atoms with E-state index >= 15 is 0 Å². The Bertz CT molecular complexity index is 791. The van der Waals surface area contributed by atoms with E-state index in [1.807, 2.05) is 31.2 Å². The van der Waals surface area contributed by atoms with Gasteiger partial charge < -0.3 is 4.98 Å². The standard InChI is InChI=1S/C20H25NO2/c1-4-13-11-16-12-15(5-6-17(16)21-19(13)23)18(22)14-7-9-20(2,3)10-8-14/h5-6,11-12,14H,4,7-10H2,1-3H3,(H,21,23). The van der Waals surface area contributed by atoms with Crippen LogP contribution in [0.4, 0.5) is 0 Å². The molecule has 0 radical (unpaired) electrons. The van der Waals surface area contributed by atoms with Crippen molar-refractivity contribution in [1.29, 1.82) is 0 Å². The Labute approximate surface area is 137 Å². The van der Waals surface area contributed by atoms with Gasteiger partial charge in [-0.3, -0.25) is 9.59 Å². The number of carbonyl (C=O) groups excluding carboxylic acids is 1. The van der Waals surface area contributed by atoms with Crippen molar-refractivity contribution in [2.24, 2.45) is 11.3 Å². The summed E-state index contributed by atoms with van der Waals surface area (Å²) >= 11 is 0. The first kappa shape index (κ1) is 16.0. The third kappa shape index (κ3) is 3.24. The molecule has 3 rings (SSSR count). The van der Waals surface area contributed by atoms with Crippen molar-refractivity contribution in [3.05, 3.63) is 45.7 Å². The molecule has 122 valence electrons. The maximum atomic E-state index is 12.8. The fourth-order valence-electron chi connectivity index (χ4n) is 3.56. The average molecular weight is 311 g/mol. The fraction of sp³-hybridized carbons (Fsp3) is 0.500. The number of aromatic nitrogens is 1. The fourth-order valence-corrected chi connectivity index (χ4v) is 3.56. The lowest BCUT2D eigenvalue weighted by Crippen LogP contribution is -2.26. The molecule has 1 aliphatic carbocycles. The minimum atomic E-state index is -0.0337. The van der Waals surface area contributed by atoms with Gasteiger partial charge in [-0.25, -0.2) is 0 Å². The van der Waals surface area contributed by atoms with Crippen molar-refractivity contribution >= 4 is 16.7 Å². The van der Waals surface area contributed by atoms with Crippen LogP contribution in [0.2, 0.25) is 0 Å². The van der Waals surface area contributed by atoms with Gasteiger partial charge in [-0.2, -0.15) is 0 Å². The lowest BCUT2D eigenvalue weighted by atomic mass is 9.71. The number of H-pyrrole nitrogens is 1. The summed E-state index contributed by atoms with van der Waals surface area (Å²) in [5.41, 5.74) is 2.68. The lowest BCUT2D eigenvalue weighted by Gasteiger charge is -2.33. The highest BCUT2D eigenvalue weighted by Gasteiger charge is 2.31. The van der Waals surface area contributed by atoms with Gasteiger partial charge in [0, 0.05) is 22.6 Å². The van der Waals surface area contributed by atoms with Crippen molar-refractivity contribution < 1.29 is 4.79 Å². The zero-order valence-electron chi connectivity index (χ0n) is 14.2. The molecule has 1 aromatic heterocycles. The number of nitrogens with one attached hydrogen (secondary N) is 1. The summed E-state index contributed by atoms with van der Waals surface area (Å²) in [4.78, 5) is 27.6. The predicted molar refractivity (Wildman–Crippen MR) is 94.0 cm³/mol. The molecule has 1 heterocycles. The number of hydrogen-bond donors (Lipinski definition) is 1. The first-order chi connectivity index (χ1) is 10.9. The quantitative estimate of drug-likeness (QED) is 0.849. The number of Topliss-reactive ketones (excluding diaryl/α,β-unsaturated/α-hetero) is 1. The van der Waals surface area contributed by atoms with Gasteiger partial charge in [0.15, 0.2) is 5.78 Å². The van der Waals surface area contributed by atoms with Crippen LogP contribution in [0.15, 0.2) is 29.1 Å². The van der Waals surface area contributed by atoms with Gasteiger partial charge >= 0.3 is 0 Å². The second-order valence-electron chi connectivity index (χ2n) is 7.58. The number of hydrogen-bond acceptors (Lipinski definition) is 2. The second kappa shape index (κ2) is 5.95. The molecule has 23 heavy (non-hydrogen) atoms. The zero-order chi connectivity index (χ0) is 16.6. The van der Waals surface area contributed by atoms with Gasteiger partial charge in [-0.15, -0.1) is 0 Å². The van der Waals surface area contributed by atoms with Crippen molar-refractivity contribution in [3.8, 4) is 0 Å². The molecule has 0 saturated heterocycles. The van der Waals surface area contributed by atoms with E-state index in [9.17, 15) is 9.59 Å². The molecule has 0 spiro atoms. The summed E-state index contributed by atoms with van der Waals surface area (Å²) in [5.74, 6) is 0.403. The van der Waals surface area contributed by atoms with Crippen LogP contribution in [0, 0.1) is 11.3 Å². The molecule has 0 amide bonds. The number of ketones is 1. The summed E-state index contributed by atoms with van der Waals surface area (Å²) < 4.78 is 0. The summed E-state index contributed by atoms with van der Waals surface area (Å²) in [5, 5.41) is 0.948. The van der Waals surface area contributed by atoms with E-state index in [4.69, 9.17) is 0 Å². The third-order valence-electron chi connectivity index (χ3n) is 5.30. The number of carbonyl (C=O) groups is 1. The van der Waals surface area contributed by atoms with Crippen LogP contribution < -0.4 is 5.56 Å². The first-order valence-corrected chi connectivity index (χ1v) is 8.60. The minimum absolute atomic E-state index is 0.0337. The van der Waals surface area contributed by atoms with E-state index in [2.05, 4.69) is 18.8 Å². The molecule has 2 aromatic rings. The maximum Gasteiger partial charge on any atom is 0.251 e. The smallest absolute Gasteiger partial charge is 0.251 e. The van der Waals surface area contributed by atoms with Crippen molar-refractivity contribution in [1.82, 2.24) is 4.98 Å². The Balaban J connectivity index is 1.89. The van der Waals surface area contributed by atoms with Gasteiger partial charge in [-0.1, -0.05) is 20.8 Å². The summed E-state index contributed by atoms with van der Waals surface area (Å²) in [6, 6.07) is 7.56. The number of aryl methyl sites for hydroxylation is 1. The molecule has 0 unspecified atom stereocenters. The highest BCUT2D eigenvalue weighted by Crippen LogP contribution is 2.39. The van der Waals surface area contributed by atoms with E-state index in [1.165, 1.54) is 0 Å². The molecule has 1 aliphatic rings. The number of fused-ring (bicyclic) bond motifs is 1. The highest BCUT2D eigenvalue weighted by molar-refractivity contribution is 6.00. The molecule has 3 heteroatoms. The van der Waals surface area contributed by atoms with E-state index < -0.39 is 0 Å². The van der Waals surface area contributed by atoms with Crippen LogP contribution in [-0.4, -0.2) is 10.8 Å². The lowest BCUT2D eigenvalue weighted by molar-refractivity contribution is 0.0838. The molecule has 1 aromatic carbocycles. The molecular formula is C20H25NO2. The van der Waals surface area contributed by atoms with Gasteiger partial charge in [-0.05, 0) is 67.2 Å². The zero-order valence-corrected chi connectivity index (χ0v) is 14.2. The number of aromatic amines is 1. The van der Waals surface area contributed by atoms with Crippen molar-refractivity contribution in [3.63, 3.8) is 0 Å². The third-order valence-corrected chi connectivity index (χ3v) is 5.30. The maximum absolute atomic E-state index is 12.8. The summed E-state index contributed by atoms with van der Waals surface area (Å²) in [6.45, 7) is 6.54. The van der Waals surface area contributed by atoms with Crippen LogP contribution in [0.1, 0.15) is 62.4 Å². The van der Waals surface area contributed by atoms with Gasteiger partial charge in [0.2, 0.25) is 0 Å². The van der Waals surface area contributed by atoms with Crippen LogP contribution in [0.25, 0.3) is 10.9 Å². The number of pyridine rings is 1. The van der Waals surface area contributed by atoms with E-state index in [0.29, 0.717) is 11.8 Å². The Morgan fingerprint density at radius 3 is 2.57 bits per heavy atom. The average Bonchev–Trinajstić information content (AvgIpc) is 2.53. The molecule has 0 bridgehead atoms. The topological polar surface area (TPSA) is 49.9 Å². The summed E-state index contributed by atoms with van der Waals surface area (Å²) in [6.07, 6.45) is 4.89. The van der Waals surface area contributed by atoms with E-state index in [0.717, 1.165) is 47.7 Å². The van der Waals surface area contributed by atoms with E-state index in [-0.39, 0.29) is 17.3 Å². The first-order valence-electron chi connectivity index (χ1n) is 8.60. The van der Waals surface area contributed by atoms with Crippen molar-refractivity contribution in [2.45, 2.75) is 52.9 Å². The Hall–Kier alpha value is -1.90. The molecule has 0 aliphatic heterocycles.